The van der Waals surface area contributed by atoms with Crippen LogP contribution in [-0.4, -0.2) is 21.6 Å². The molecule has 96 valence electrons. The van der Waals surface area contributed by atoms with Gasteiger partial charge in [0.25, 0.3) is 0 Å². The first kappa shape index (κ1) is 11.9. The second kappa shape index (κ2) is 5.21. The first-order chi connectivity index (χ1) is 9.36. The molecule has 0 bridgehead atoms. The van der Waals surface area contributed by atoms with E-state index >= 15 is 0 Å². The van der Waals surface area contributed by atoms with Crippen LogP contribution in [0.1, 0.15) is 36.0 Å². The molecule has 0 unspecified atom stereocenters. The number of aromatic nitrogens is 2. The van der Waals surface area contributed by atoms with Gasteiger partial charge in [0.05, 0.1) is 11.7 Å². The highest BCUT2D eigenvalue weighted by Crippen LogP contribution is 2.31. The van der Waals surface area contributed by atoms with E-state index in [1.807, 2.05) is 18.2 Å². The molecule has 0 aliphatic carbocycles. The van der Waals surface area contributed by atoms with Crippen molar-refractivity contribution in [1.29, 1.82) is 5.26 Å². The molecule has 0 aromatic carbocycles. The van der Waals surface area contributed by atoms with Crippen LogP contribution in [0.4, 0.5) is 0 Å². The molecule has 2 aromatic rings. The van der Waals surface area contributed by atoms with Gasteiger partial charge in [-0.2, -0.15) is 5.26 Å². The smallest absolute Gasteiger partial charge is 0.140 e. The van der Waals surface area contributed by atoms with Gasteiger partial charge in [-0.1, -0.05) is 11.2 Å². The summed E-state index contributed by atoms with van der Waals surface area (Å²) in [5.41, 5.74) is 2.37. The second-order valence-electron chi connectivity index (χ2n) is 4.68. The van der Waals surface area contributed by atoms with Gasteiger partial charge < -0.3 is 4.52 Å². The Balaban J connectivity index is 1.77. The number of rotatable bonds is 3. The third-order valence-corrected chi connectivity index (χ3v) is 3.45. The Hall–Kier alpha value is -2.19. The maximum Gasteiger partial charge on any atom is 0.140 e. The van der Waals surface area contributed by atoms with Crippen LogP contribution in [0.25, 0.3) is 0 Å². The molecule has 3 heterocycles. The molecule has 1 aliphatic rings. The molecule has 5 nitrogen and oxygen atoms in total. The molecule has 1 saturated heterocycles. The van der Waals surface area contributed by atoms with Crippen LogP contribution in [-0.2, 0) is 6.54 Å². The third kappa shape index (κ3) is 2.49. The van der Waals surface area contributed by atoms with Crippen LogP contribution in [0.2, 0.25) is 0 Å². The molecule has 1 atom stereocenters. The Kier molecular flexibility index (Phi) is 3.25. The van der Waals surface area contributed by atoms with Crippen molar-refractivity contribution in [2.75, 3.05) is 6.54 Å². The summed E-state index contributed by atoms with van der Waals surface area (Å²) in [6.45, 7) is 1.77. The lowest BCUT2D eigenvalue weighted by atomic mass is 10.1. The van der Waals surface area contributed by atoms with Gasteiger partial charge in [0.15, 0.2) is 0 Å². The van der Waals surface area contributed by atoms with Crippen molar-refractivity contribution >= 4 is 0 Å². The van der Waals surface area contributed by atoms with Crippen molar-refractivity contribution in [3.8, 4) is 6.07 Å². The monoisotopic (exact) mass is 254 g/mol. The van der Waals surface area contributed by atoms with E-state index in [4.69, 9.17) is 9.78 Å². The Labute approximate surface area is 111 Å². The van der Waals surface area contributed by atoms with Gasteiger partial charge in [-0.05, 0) is 31.5 Å². The van der Waals surface area contributed by atoms with Gasteiger partial charge in [0.1, 0.15) is 23.7 Å². The maximum atomic E-state index is 8.88. The lowest BCUT2D eigenvalue weighted by molar-refractivity contribution is 0.234. The van der Waals surface area contributed by atoms with Crippen molar-refractivity contribution in [3.63, 3.8) is 0 Å². The lowest BCUT2D eigenvalue weighted by Gasteiger charge is -2.22. The molecule has 0 spiro atoms. The van der Waals surface area contributed by atoms with Crippen molar-refractivity contribution in [1.82, 2.24) is 15.0 Å². The predicted molar refractivity (Wildman–Crippen MR) is 67.8 cm³/mol. The zero-order valence-electron chi connectivity index (χ0n) is 10.5. The molecule has 1 aliphatic heterocycles. The summed E-state index contributed by atoms with van der Waals surface area (Å²) in [4.78, 5) is 6.66. The number of hydrogen-bond acceptors (Lipinski definition) is 5. The molecule has 0 N–H and O–H groups in total. The summed E-state index contributed by atoms with van der Waals surface area (Å²) in [5, 5.41) is 12.9. The highest BCUT2D eigenvalue weighted by molar-refractivity contribution is 5.22. The van der Waals surface area contributed by atoms with E-state index in [-0.39, 0.29) is 0 Å². The van der Waals surface area contributed by atoms with Crippen LogP contribution in [0, 0.1) is 11.3 Å². The Morgan fingerprint density at radius 3 is 3.16 bits per heavy atom. The van der Waals surface area contributed by atoms with E-state index in [0.717, 1.165) is 37.3 Å². The van der Waals surface area contributed by atoms with Gasteiger partial charge in [-0.3, -0.25) is 4.90 Å². The van der Waals surface area contributed by atoms with E-state index in [1.165, 1.54) is 0 Å². The molecule has 0 amide bonds. The summed E-state index contributed by atoms with van der Waals surface area (Å²) in [5.74, 6) is 0. The number of pyridine rings is 1. The summed E-state index contributed by atoms with van der Waals surface area (Å²) >= 11 is 0. The van der Waals surface area contributed by atoms with E-state index in [2.05, 4.69) is 21.1 Å². The van der Waals surface area contributed by atoms with Crippen molar-refractivity contribution in [2.45, 2.75) is 25.4 Å². The van der Waals surface area contributed by atoms with Gasteiger partial charge in [-0.15, -0.1) is 0 Å². The van der Waals surface area contributed by atoms with Gasteiger partial charge in [0.2, 0.25) is 0 Å². The molecular weight excluding hydrogens is 240 g/mol. The predicted octanol–water partition coefficient (Wildman–Crippen LogP) is 2.28. The summed E-state index contributed by atoms with van der Waals surface area (Å²) < 4.78 is 4.93. The van der Waals surface area contributed by atoms with Crippen LogP contribution in [0.3, 0.4) is 0 Å². The fourth-order valence-electron chi connectivity index (χ4n) is 2.58. The van der Waals surface area contributed by atoms with E-state index in [0.29, 0.717) is 11.7 Å². The van der Waals surface area contributed by atoms with Crippen LogP contribution >= 0.6 is 0 Å². The van der Waals surface area contributed by atoms with Crippen molar-refractivity contribution in [3.05, 3.63) is 47.6 Å². The van der Waals surface area contributed by atoms with Crippen molar-refractivity contribution in [2.24, 2.45) is 0 Å². The average Bonchev–Trinajstić information content (AvgIpc) is 3.09. The van der Waals surface area contributed by atoms with E-state index in [9.17, 15) is 0 Å². The number of nitriles is 1. The minimum Gasteiger partial charge on any atom is -0.364 e. The highest BCUT2D eigenvalue weighted by Gasteiger charge is 2.28. The van der Waals surface area contributed by atoms with Crippen LogP contribution in [0.5, 0.6) is 0 Å². The minimum atomic E-state index is 0.297. The number of hydrogen-bond donors (Lipinski definition) is 0. The first-order valence-corrected chi connectivity index (χ1v) is 6.37. The zero-order valence-corrected chi connectivity index (χ0v) is 10.5. The fourth-order valence-corrected chi connectivity index (χ4v) is 2.58. The average molecular weight is 254 g/mol. The number of likely N-dealkylation sites (tertiary alicyclic amines) is 1. The third-order valence-electron chi connectivity index (χ3n) is 3.45. The topological polar surface area (TPSA) is 66.0 Å². The SMILES string of the molecule is N#Cc1cccc(CN2CCC[C@@H]2c2ccon2)n1. The largest absolute Gasteiger partial charge is 0.364 e. The second-order valence-corrected chi connectivity index (χ2v) is 4.68. The molecule has 19 heavy (non-hydrogen) atoms. The standard InChI is InChI=1S/C14H14N4O/c15-9-11-3-1-4-12(16-11)10-18-7-2-5-14(18)13-6-8-19-17-13/h1,3-4,6,8,14H,2,5,7,10H2/t14-/m1/s1. The first-order valence-electron chi connectivity index (χ1n) is 6.37. The van der Waals surface area contributed by atoms with Gasteiger partial charge >= 0.3 is 0 Å². The fraction of sp³-hybridized carbons (Fsp3) is 0.357. The summed E-state index contributed by atoms with van der Waals surface area (Å²) in [7, 11) is 0. The van der Waals surface area contributed by atoms with E-state index < -0.39 is 0 Å². The van der Waals surface area contributed by atoms with Crippen molar-refractivity contribution < 1.29 is 4.52 Å². The minimum absolute atomic E-state index is 0.297. The normalized spacial score (nSPS) is 19.4. The Morgan fingerprint density at radius 1 is 1.42 bits per heavy atom. The van der Waals surface area contributed by atoms with Crippen LogP contribution < -0.4 is 0 Å². The van der Waals surface area contributed by atoms with Crippen LogP contribution in [0.15, 0.2) is 35.1 Å². The quantitative estimate of drug-likeness (QED) is 0.840. The molecule has 5 heteroatoms. The highest BCUT2D eigenvalue weighted by atomic mass is 16.5. The molecule has 0 radical (unpaired) electrons. The Morgan fingerprint density at radius 2 is 2.37 bits per heavy atom. The maximum absolute atomic E-state index is 8.88. The zero-order chi connectivity index (χ0) is 13.1. The summed E-state index contributed by atoms with van der Waals surface area (Å²) in [6.07, 6.45) is 3.85. The van der Waals surface area contributed by atoms with Gasteiger partial charge in [-0.25, -0.2) is 4.98 Å². The number of nitrogens with zero attached hydrogens (tertiary/aromatic N) is 4. The Bertz CT molecular complexity index is 588. The molecule has 2 aromatic heterocycles. The molecule has 1 fully saturated rings. The summed E-state index contributed by atoms with van der Waals surface area (Å²) in [6, 6.07) is 9.85. The molecule has 0 saturated carbocycles. The van der Waals surface area contributed by atoms with Gasteiger partial charge in [0, 0.05) is 12.6 Å². The molecule has 3 rings (SSSR count). The molecular formula is C14H14N4O. The lowest BCUT2D eigenvalue weighted by Crippen LogP contribution is -2.23. The van der Waals surface area contributed by atoms with E-state index in [1.54, 1.807) is 12.3 Å².